The summed E-state index contributed by atoms with van der Waals surface area (Å²) in [7, 11) is 3.29. The van der Waals surface area contributed by atoms with Crippen LogP contribution in [0, 0.1) is 5.92 Å². The van der Waals surface area contributed by atoms with E-state index in [0.717, 1.165) is 23.2 Å². The largest absolute Gasteiger partial charge is 0.347 e. The topological polar surface area (TPSA) is 73.0 Å². The molecule has 1 aromatic carbocycles. The van der Waals surface area contributed by atoms with Gasteiger partial charge in [0.05, 0.1) is 5.69 Å². The molecule has 4 amide bonds. The summed E-state index contributed by atoms with van der Waals surface area (Å²) in [4.78, 5) is 42.0. The van der Waals surface area contributed by atoms with Crippen molar-refractivity contribution in [2.24, 2.45) is 5.92 Å². The van der Waals surface area contributed by atoms with Gasteiger partial charge in [0, 0.05) is 44.0 Å². The number of nitrogens with one attached hydrogen (secondary N) is 1. The molecule has 1 unspecified atom stereocenters. The number of carbonyl (C=O) groups excluding carboxylic acids is 3. The fourth-order valence-corrected chi connectivity index (χ4v) is 3.53. The van der Waals surface area contributed by atoms with Crippen LogP contribution in [0.25, 0.3) is 5.70 Å². The van der Waals surface area contributed by atoms with Gasteiger partial charge in [0.2, 0.25) is 11.8 Å². The van der Waals surface area contributed by atoms with Crippen molar-refractivity contribution in [3.8, 4) is 0 Å². The van der Waals surface area contributed by atoms with E-state index in [1.54, 1.807) is 37.2 Å². The zero-order valence-corrected chi connectivity index (χ0v) is 18.6. The van der Waals surface area contributed by atoms with Crippen LogP contribution in [0.3, 0.4) is 0 Å². The zero-order chi connectivity index (χ0) is 22.6. The lowest BCUT2D eigenvalue weighted by Crippen LogP contribution is -2.49. The minimum Gasteiger partial charge on any atom is -0.347 e. The van der Waals surface area contributed by atoms with Crippen LogP contribution in [-0.2, 0) is 9.59 Å². The molecule has 0 aromatic heterocycles. The summed E-state index contributed by atoms with van der Waals surface area (Å²) in [5.41, 5.74) is 3.57. The van der Waals surface area contributed by atoms with E-state index in [0.29, 0.717) is 24.4 Å². The van der Waals surface area contributed by atoms with E-state index in [1.165, 1.54) is 9.80 Å². The second kappa shape index (κ2) is 9.61. The number of allylic oxidation sites excluding steroid dienone is 1. The maximum atomic E-state index is 12.9. The van der Waals surface area contributed by atoms with Gasteiger partial charge in [-0.15, -0.1) is 6.58 Å². The summed E-state index contributed by atoms with van der Waals surface area (Å²) in [6.07, 6.45) is 1.20. The Labute approximate surface area is 179 Å². The summed E-state index contributed by atoms with van der Waals surface area (Å²) < 4.78 is 0. The molecule has 1 aromatic rings. The maximum Gasteiger partial charge on any atom is 0.329 e. The van der Waals surface area contributed by atoms with E-state index in [2.05, 4.69) is 18.5 Å². The SMILES string of the molecule is C=C(C)CC(C)CC(=O)Nc1ccc2c(c1)C(=C)N(CC(=O)N(C)C)C(=O)N2CC. The Kier molecular flexibility index (Phi) is 7.43. The zero-order valence-electron chi connectivity index (χ0n) is 18.6. The van der Waals surface area contributed by atoms with Crippen molar-refractivity contribution < 1.29 is 14.4 Å². The van der Waals surface area contributed by atoms with Gasteiger partial charge in [-0.3, -0.25) is 19.4 Å². The van der Waals surface area contributed by atoms with Gasteiger partial charge in [0.1, 0.15) is 6.54 Å². The fourth-order valence-electron chi connectivity index (χ4n) is 3.53. The quantitative estimate of drug-likeness (QED) is 0.658. The van der Waals surface area contributed by atoms with Gasteiger partial charge < -0.3 is 10.2 Å². The van der Waals surface area contributed by atoms with Gasteiger partial charge >= 0.3 is 6.03 Å². The Balaban J connectivity index is 2.26. The first-order valence-electron chi connectivity index (χ1n) is 10.1. The van der Waals surface area contributed by atoms with E-state index in [1.807, 2.05) is 20.8 Å². The molecule has 0 saturated heterocycles. The third-order valence-corrected chi connectivity index (χ3v) is 5.01. The molecule has 1 N–H and O–H groups in total. The normalized spacial score (nSPS) is 14.3. The first kappa shape index (κ1) is 23.2. The van der Waals surface area contributed by atoms with Crippen molar-refractivity contribution >= 4 is 34.9 Å². The number of fused-ring (bicyclic) bond motifs is 1. The fraction of sp³-hybridized carbons (Fsp3) is 0.435. The number of amides is 4. The third kappa shape index (κ3) is 5.28. The summed E-state index contributed by atoms with van der Waals surface area (Å²) in [5, 5.41) is 2.93. The molecule has 7 nitrogen and oxygen atoms in total. The maximum absolute atomic E-state index is 12.9. The number of hydrogen-bond donors (Lipinski definition) is 1. The molecule has 0 fully saturated rings. The molecule has 0 bridgehead atoms. The van der Waals surface area contributed by atoms with E-state index in [4.69, 9.17) is 0 Å². The smallest absolute Gasteiger partial charge is 0.329 e. The monoisotopic (exact) mass is 412 g/mol. The average Bonchev–Trinajstić information content (AvgIpc) is 2.64. The van der Waals surface area contributed by atoms with Crippen LogP contribution < -0.4 is 10.2 Å². The highest BCUT2D eigenvalue weighted by atomic mass is 16.2. The third-order valence-electron chi connectivity index (χ3n) is 5.01. The van der Waals surface area contributed by atoms with Crippen molar-refractivity contribution in [1.82, 2.24) is 9.80 Å². The molecule has 1 aliphatic rings. The summed E-state index contributed by atoms with van der Waals surface area (Å²) in [6, 6.07) is 5.11. The van der Waals surface area contributed by atoms with E-state index >= 15 is 0 Å². The lowest BCUT2D eigenvalue weighted by atomic mass is 9.99. The Bertz CT molecular complexity index is 875. The van der Waals surface area contributed by atoms with Gasteiger partial charge in [0.15, 0.2) is 0 Å². The Morgan fingerprint density at radius 1 is 1.20 bits per heavy atom. The summed E-state index contributed by atoms with van der Waals surface area (Å²) in [6.45, 7) is 14.2. The second-order valence-electron chi connectivity index (χ2n) is 8.10. The molecule has 1 aliphatic heterocycles. The molecule has 7 heteroatoms. The van der Waals surface area contributed by atoms with Crippen molar-refractivity contribution in [3.63, 3.8) is 0 Å². The number of nitrogens with zero attached hydrogens (tertiary/aromatic N) is 3. The van der Waals surface area contributed by atoms with E-state index in [9.17, 15) is 14.4 Å². The van der Waals surface area contributed by atoms with Crippen LogP contribution in [0.4, 0.5) is 16.2 Å². The molecule has 0 aliphatic carbocycles. The van der Waals surface area contributed by atoms with Crippen molar-refractivity contribution in [2.75, 3.05) is 37.4 Å². The molecule has 2 rings (SSSR count). The number of benzene rings is 1. The van der Waals surface area contributed by atoms with Gasteiger partial charge in [-0.25, -0.2) is 4.79 Å². The van der Waals surface area contributed by atoms with Gasteiger partial charge in [0.25, 0.3) is 0 Å². The number of rotatable bonds is 8. The molecule has 1 atom stereocenters. The van der Waals surface area contributed by atoms with Crippen LogP contribution in [-0.4, -0.2) is 54.8 Å². The Morgan fingerprint density at radius 3 is 2.43 bits per heavy atom. The lowest BCUT2D eigenvalue weighted by Gasteiger charge is -2.38. The molecule has 0 saturated carbocycles. The highest BCUT2D eigenvalue weighted by molar-refractivity contribution is 6.06. The standard InChI is InChI=1S/C23H32N4O3/c1-8-26-20-10-9-18(24-21(28)12-16(4)11-15(2)3)13-19(20)17(5)27(23(26)30)14-22(29)25(6)7/h9-10,13,16H,2,5,8,11-12,14H2,1,3-4,6-7H3,(H,24,28). The highest BCUT2D eigenvalue weighted by Gasteiger charge is 2.34. The number of likely N-dealkylation sites (N-methyl/N-ethyl adjacent to an activating group) is 1. The van der Waals surface area contributed by atoms with Crippen LogP contribution in [0.5, 0.6) is 0 Å². The summed E-state index contributed by atoms with van der Waals surface area (Å²) in [5.74, 6) is -0.0658. The molecule has 0 radical (unpaired) electrons. The van der Waals surface area contributed by atoms with E-state index < -0.39 is 0 Å². The average molecular weight is 413 g/mol. The minimum absolute atomic E-state index is 0.0758. The van der Waals surface area contributed by atoms with Crippen LogP contribution in [0.15, 0.2) is 36.9 Å². The predicted molar refractivity (Wildman–Crippen MR) is 121 cm³/mol. The second-order valence-corrected chi connectivity index (χ2v) is 8.10. The lowest BCUT2D eigenvalue weighted by molar-refractivity contribution is -0.128. The van der Waals surface area contributed by atoms with Crippen LogP contribution in [0.1, 0.15) is 39.2 Å². The Morgan fingerprint density at radius 2 is 1.87 bits per heavy atom. The highest BCUT2D eigenvalue weighted by Crippen LogP contribution is 2.36. The van der Waals surface area contributed by atoms with Gasteiger partial charge in [-0.1, -0.05) is 19.1 Å². The number of urea groups is 1. The number of hydrogen-bond acceptors (Lipinski definition) is 3. The number of carbonyl (C=O) groups is 3. The van der Waals surface area contributed by atoms with Crippen molar-refractivity contribution in [1.29, 1.82) is 0 Å². The molecular weight excluding hydrogens is 380 g/mol. The first-order chi connectivity index (χ1) is 14.0. The molecule has 0 spiro atoms. The molecule has 162 valence electrons. The van der Waals surface area contributed by atoms with Gasteiger partial charge in [-0.05, 0) is 44.4 Å². The summed E-state index contributed by atoms with van der Waals surface area (Å²) >= 11 is 0. The first-order valence-corrected chi connectivity index (χ1v) is 10.1. The number of anilines is 2. The minimum atomic E-state index is -0.282. The van der Waals surface area contributed by atoms with Crippen molar-refractivity contribution in [3.05, 3.63) is 42.5 Å². The predicted octanol–water partition coefficient (Wildman–Crippen LogP) is 3.94. The Hall–Kier alpha value is -3.09. The van der Waals surface area contributed by atoms with Crippen LogP contribution in [0.2, 0.25) is 0 Å². The van der Waals surface area contributed by atoms with Crippen LogP contribution >= 0.6 is 0 Å². The molecule has 1 heterocycles. The molecule has 30 heavy (non-hydrogen) atoms. The van der Waals surface area contributed by atoms with Crippen molar-refractivity contribution in [2.45, 2.75) is 33.6 Å². The van der Waals surface area contributed by atoms with E-state index in [-0.39, 0.29) is 30.3 Å². The molecular formula is C23H32N4O3. The van der Waals surface area contributed by atoms with Gasteiger partial charge in [-0.2, -0.15) is 0 Å².